The first kappa shape index (κ1) is 65.1. The van der Waals surface area contributed by atoms with Crippen molar-refractivity contribution in [2.75, 3.05) is 19.8 Å². The number of amides is 1. The zero-order valence-electron chi connectivity index (χ0n) is 44.5. The van der Waals surface area contributed by atoms with Gasteiger partial charge in [0.1, 0.15) is 48.8 Å². The molecule has 70 heavy (non-hydrogen) atoms. The molecular weight excluding hydrogens is 895 g/mol. The number of rotatable bonds is 47. The fourth-order valence-corrected chi connectivity index (χ4v) is 10.1. The number of carbonyl (C=O) groups excluding carboxylic acids is 1. The second kappa shape index (κ2) is 43.3. The van der Waals surface area contributed by atoms with Gasteiger partial charge in [-0.05, 0) is 12.8 Å². The van der Waals surface area contributed by atoms with Gasteiger partial charge in [-0.2, -0.15) is 0 Å². The molecule has 1 amide bonds. The Kier molecular flexibility index (Phi) is 40.2. The SMILES string of the molecule is CCCCCCCCCCCCCCCCCCCCCCCC(O)C(COC1OC(CO)C(OC2OC(CO)C(O)C(O)C2O)C(O)C1O)NC(=O)CCCCCCCCCCCCCCCCC. The highest BCUT2D eigenvalue weighted by molar-refractivity contribution is 5.76. The summed E-state index contributed by atoms with van der Waals surface area (Å²) in [6, 6.07) is -0.822. The topological polar surface area (TPSA) is 228 Å². The summed E-state index contributed by atoms with van der Waals surface area (Å²) in [6.45, 7) is 2.89. The number of nitrogens with one attached hydrogen (secondary N) is 1. The quantitative estimate of drug-likeness (QED) is 0.0259. The van der Waals surface area contributed by atoms with Crippen molar-refractivity contribution in [3.05, 3.63) is 0 Å². The Bertz CT molecular complexity index is 1180. The van der Waals surface area contributed by atoms with E-state index in [2.05, 4.69) is 19.2 Å². The first-order valence-corrected chi connectivity index (χ1v) is 29.3. The van der Waals surface area contributed by atoms with Crippen molar-refractivity contribution in [1.29, 1.82) is 0 Å². The Morgan fingerprint density at radius 3 is 1.21 bits per heavy atom. The van der Waals surface area contributed by atoms with Crippen LogP contribution in [0, 0.1) is 0 Å². The average molecular weight is 1000 g/mol. The third-order valence-electron chi connectivity index (χ3n) is 14.8. The first-order chi connectivity index (χ1) is 34.1. The van der Waals surface area contributed by atoms with Gasteiger partial charge in [-0.25, -0.2) is 0 Å². The van der Waals surface area contributed by atoms with E-state index in [-0.39, 0.29) is 12.5 Å². The minimum Gasteiger partial charge on any atom is -0.394 e. The molecule has 2 heterocycles. The van der Waals surface area contributed by atoms with Crippen molar-refractivity contribution in [1.82, 2.24) is 5.32 Å². The first-order valence-electron chi connectivity index (χ1n) is 29.3. The summed E-state index contributed by atoms with van der Waals surface area (Å²) in [5, 5.41) is 87.2. The lowest BCUT2D eigenvalue weighted by atomic mass is 9.97. The smallest absolute Gasteiger partial charge is 0.220 e. The van der Waals surface area contributed by atoms with E-state index in [4.69, 9.17) is 18.9 Å². The molecule has 9 N–H and O–H groups in total. The molecule has 2 aliphatic rings. The van der Waals surface area contributed by atoms with E-state index < -0.39 is 86.8 Å². The van der Waals surface area contributed by atoms with Crippen LogP contribution in [0.3, 0.4) is 0 Å². The van der Waals surface area contributed by atoms with Gasteiger partial charge in [0.25, 0.3) is 0 Å². The molecule has 0 aromatic carbocycles. The molecule has 2 aliphatic heterocycles. The van der Waals surface area contributed by atoms with E-state index in [9.17, 15) is 45.6 Å². The number of carbonyl (C=O) groups is 1. The van der Waals surface area contributed by atoms with Gasteiger partial charge in [-0.15, -0.1) is 0 Å². The van der Waals surface area contributed by atoms with Crippen LogP contribution in [-0.2, 0) is 23.7 Å². The van der Waals surface area contributed by atoms with Crippen molar-refractivity contribution < 1.29 is 64.6 Å². The molecule has 14 nitrogen and oxygen atoms in total. The van der Waals surface area contributed by atoms with Crippen LogP contribution < -0.4 is 5.32 Å². The van der Waals surface area contributed by atoms with Crippen LogP contribution in [0.5, 0.6) is 0 Å². The fraction of sp³-hybridized carbons (Fsp3) is 0.982. The van der Waals surface area contributed by atoms with Crippen molar-refractivity contribution >= 4 is 5.91 Å². The Labute approximate surface area is 425 Å². The van der Waals surface area contributed by atoms with Crippen LogP contribution >= 0.6 is 0 Å². The maximum atomic E-state index is 13.2. The molecular formula is C56H109NO13. The van der Waals surface area contributed by atoms with Crippen LogP contribution in [0.25, 0.3) is 0 Å². The Morgan fingerprint density at radius 2 is 0.814 bits per heavy atom. The van der Waals surface area contributed by atoms with E-state index >= 15 is 0 Å². The zero-order valence-corrected chi connectivity index (χ0v) is 44.5. The third kappa shape index (κ3) is 29.2. The van der Waals surface area contributed by atoms with E-state index in [1.165, 1.54) is 180 Å². The van der Waals surface area contributed by atoms with E-state index in [1.807, 2.05) is 0 Å². The van der Waals surface area contributed by atoms with Gasteiger partial charge in [-0.3, -0.25) is 4.79 Å². The van der Waals surface area contributed by atoms with Gasteiger partial charge in [0.15, 0.2) is 12.6 Å². The van der Waals surface area contributed by atoms with Crippen molar-refractivity contribution in [3.63, 3.8) is 0 Å². The van der Waals surface area contributed by atoms with Crippen molar-refractivity contribution in [3.8, 4) is 0 Å². The van der Waals surface area contributed by atoms with Gasteiger partial charge in [0.05, 0.1) is 32.0 Å². The maximum absolute atomic E-state index is 13.2. The Hall–Kier alpha value is -1.01. The Balaban J connectivity index is 1.75. The summed E-state index contributed by atoms with van der Waals surface area (Å²) in [5.74, 6) is -0.201. The predicted octanol–water partition coefficient (Wildman–Crippen LogP) is 9.34. The van der Waals surface area contributed by atoms with Gasteiger partial charge >= 0.3 is 0 Å². The van der Waals surface area contributed by atoms with Crippen molar-refractivity contribution in [2.24, 2.45) is 0 Å². The number of ether oxygens (including phenoxy) is 4. The number of unbranched alkanes of at least 4 members (excludes halogenated alkanes) is 34. The summed E-state index contributed by atoms with van der Waals surface area (Å²) < 4.78 is 22.8. The summed E-state index contributed by atoms with van der Waals surface area (Å²) in [5.41, 5.74) is 0. The minimum atomic E-state index is -1.78. The van der Waals surface area contributed by atoms with Gasteiger partial charge in [0, 0.05) is 6.42 Å². The van der Waals surface area contributed by atoms with Gasteiger partial charge < -0.3 is 65.1 Å². The minimum absolute atomic E-state index is 0.201. The molecule has 14 heteroatoms. The number of aliphatic hydroxyl groups is 8. The average Bonchev–Trinajstić information content (AvgIpc) is 3.36. The van der Waals surface area contributed by atoms with Gasteiger partial charge in [0.2, 0.25) is 5.91 Å². The maximum Gasteiger partial charge on any atom is 0.220 e. The highest BCUT2D eigenvalue weighted by Crippen LogP contribution is 2.30. The fourth-order valence-electron chi connectivity index (χ4n) is 10.1. The monoisotopic (exact) mass is 1000 g/mol. The number of hydrogen-bond acceptors (Lipinski definition) is 13. The summed E-state index contributed by atoms with van der Waals surface area (Å²) >= 11 is 0. The van der Waals surface area contributed by atoms with Crippen LogP contribution in [0.4, 0.5) is 0 Å². The Morgan fingerprint density at radius 1 is 0.457 bits per heavy atom. The molecule has 2 rings (SSSR count). The summed E-state index contributed by atoms with van der Waals surface area (Å²) in [6.07, 6.45) is 29.5. The van der Waals surface area contributed by atoms with Crippen LogP contribution in [0.2, 0.25) is 0 Å². The third-order valence-corrected chi connectivity index (χ3v) is 14.8. The highest BCUT2D eigenvalue weighted by atomic mass is 16.7. The lowest BCUT2D eigenvalue weighted by Gasteiger charge is -2.46. The normalized spacial score (nSPS) is 25.9. The molecule has 2 fully saturated rings. The molecule has 0 radical (unpaired) electrons. The van der Waals surface area contributed by atoms with Crippen LogP contribution in [0.1, 0.15) is 258 Å². The molecule has 416 valence electrons. The van der Waals surface area contributed by atoms with E-state index in [1.54, 1.807) is 0 Å². The number of aliphatic hydroxyl groups excluding tert-OH is 8. The number of hydrogen-bond donors (Lipinski definition) is 9. The van der Waals surface area contributed by atoms with Crippen LogP contribution in [0.15, 0.2) is 0 Å². The molecule has 0 bridgehead atoms. The lowest BCUT2D eigenvalue weighted by Crippen LogP contribution is -2.65. The van der Waals surface area contributed by atoms with E-state index in [0.29, 0.717) is 12.8 Å². The highest BCUT2D eigenvalue weighted by Gasteiger charge is 2.51. The van der Waals surface area contributed by atoms with Gasteiger partial charge in [-0.1, -0.05) is 239 Å². The summed E-state index contributed by atoms with van der Waals surface area (Å²) in [7, 11) is 0. The standard InChI is InChI=1S/C56H109NO13/c1-3-5-7-9-11-13-15-17-19-20-21-22-23-24-26-27-29-31-33-35-37-39-45(60)44(57-48(61)40-38-36-34-32-30-28-25-18-16-14-12-10-8-6-4-2)43-67-55-53(66)51(64)54(47(42-59)69-55)70-56-52(65)50(63)49(62)46(41-58)68-56/h44-47,49-56,58-60,62-66H,3-43H2,1-2H3,(H,57,61). The van der Waals surface area contributed by atoms with Crippen LogP contribution in [-0.4, -0.2) is 140 Å². The zero-order chi connectivity index (χ0) is 51.0. The second-order valence-electron chi connectivity index (χ2n) is 21.1. The molecule has 0 saturated carbocycles. The second-order valence-corrected chi connectivity index (χ2v) is 21.1. The summed E-state index contributed by atoms with van der Waals surface area (Å²) in [4.78, 5) is 13.2. The largest absolute Gasteiger partial charge is 0.394 e. The predicted molar refractivity (Wildman–Crippen MR) is 277 cm³/mol. The van der Waals surface area contributed by atoms with E-state index in [0.717, 1.165) is 51.4 Å². The molecule has 0 aliphatic carbocycles. The molecule has 12 atom stereocenters. The molecule has 0 aromatic rings. The van der Waals surface area contributed by atoms with Crippen molar-refractivity contribution in [2.45, 2.75) is 331 Å². The molecule has 2 saturated heterocycles. The molecule has 0 spiro atoms. The molecule has 12 unspecified atom stereocenters. The lowest BCUT2D eigenvalue weighted by molar-refractivity contribution is -0.359. The molecule has 0 aromatic heterocycles.